The molecular formula is C11H19O4. The molecule has 0 N–H and O–H groups in total. The van der Waals surface area contributed by atoms with Crippen molar-refractivity contribution in [3.63, 3.8) is 0 Å². The van der Waals surface area contributed by atoms with E-state index in [0.29, 0.717) is 19.6 Å². The van der Waals surface area contributed by atoms with Gasteiger partial charge in [0.25, 0.3) is 0 Å². The largest absolute Gasteiger partial charge is 0.466 e. The Morgan fingerprint density at radius 3 is 2.47 bits per heavy atom. The summed E-state index contributed by atoms with van der Waals surface area (Å²) in [5.41, 5.74) is 0. The van der Waals surface area contributed by atoms with E-state index in [1.54, 1.807) is 6.92 Å². The number of carbonyl (C=O) groups is 2. The Balaban J connectivity index is 3.67. The van der Waals surface area contributed by atoms with Gasteiger partial charge in [-0.05, 0) is 26.7 Å². The predicted molar refractivity (Wildman–Crippen MR) is 56.0 cm³/mol. The molecule has 0 aromatic rings. The van der Waals surface area contributed by atoms with E-state index in [2.05, 4.69) is 6.92 Å². The van der Waals surface area contributed by atoms with E-state index in [9.17, 15) is 9.59 Å². The molecule has 0 bridgehead atoms. The SMILES string of the molecule is [CH2]C(CCC(=O)OCC)C(=O)OCCC. The number of rotatable bonds is 7. The first-order valence-corrected chi connectivity index (χ1v) is 5.27. The lowest BCUT2D eigenvalue weighted by molar-refractivity contribution is -0.148. The molecule has 0 fully saturated rings. The second-order valence-electron chi connectivity index (χ2n) is 3.21. The lowest BCUT2D eigenvalue weighted by Crippen LogP contribution is -2.17. The fourth-order valence-electron chi connectivity index (χ4n) is 0.964. The first-order valence-electron chi connectivity index (χ1n) is 5.27. The Morgan fingerprint density at radius 1 is 1.27 bits per heavy atom. The highest BCUT2D eigenvalue weighted by molar-refractivity contribution is 5.75. The molecule has 1 unspecified atom stereocenters. The van der Waals surface area contributed by atoms with Crippen LogP contribution >= 0.6 is 0 Å². The van der Waals surface area contributed by atoms with Crippen molar-refractivity contribution in [1.29, 1.82) is 0 Å². The van der Waals surface area contributed by atoms with Gasteiger partial charge in [-0.3, -0.25) is 9.59 Å². The van der Waals surface area contributed by atoms with Crippen molar-refractivity contribution in [3.8, 4) is 0 Å². The van der Waals surface area contributed by atoms with E-state index in [1.807, 2.05) is 6.92 Å². The van der Waals surface area contributed by atoms with Crippen molar-refractivity contribution in [1.82, 2.24) is 0 Å². The second-order valence-corrected chi connectivity index (χ2v) is 3.21. The molecule has 0 aromatic heterocycles. The molecule has 0 aliphatic carbocycles. The first-order chi connectivity index (χ1) is 7.11. The van der Waals surface area contributed by atoms with Crippen LogP contribution in [0.25, 0.3) is 0 Å². The Hall–Kier alpha value is -1.06. The molecule has 87 valence electrons. The van der Waals surface area contributed by atoms with E-state index < -0.39 is 5.92 Å². The molecule has 0 spiro atoms. The maximum Gasteiger partial charge on any atom is 0.308 e. The minimum Gasteiger partial charge on any atom is -0.466 e. The number of esters is 2. The summed E-state index contributed by atoms with van der Waals surface area (Å²) in [6, 6.07) is 0. The van der Waals surface area contributed by atoms with E-state index in [1.165, 1.54) is 0 Å². The molecule has 0 amide bonds. The van der Waals surface area contributed by atoms with Crippen LogP contribution in [0.5, 0.6) is 0 Å². The lowest BCUT2D eigenvalue weighted by Gasteiger charge is -2.09. The van der Waals surface area contributed by atoms with Gasteiger partial charge < -0.3 is 9.47 Å². The van der Waals surface area contributed by atoms with E-state index in [4.69, 9.17) is 9.47 Å². The number of ether oxygens (including phenoxy) is 2. The third kappa shape index (κ3) is 6.94. The van der Waals surface area contributed by atoms with Gasteiger partial charge >= 0.3 is 11.9 Å². The van der Waals surface area contributed by atoms with Gasteiger partial charge in [0.2, 0.25) is 0 Å². The summed E-state index contributed by atoms with van der Waals surface area (Å²) >= 11 is 0. The van der Waals surface area contributed by atoms with E-state index in [0.717, 1.165) is 6.42 Å². The topological polar surface area (TPSA) is 52.6 Å². The predicted octanol–water partition coefficient (Wildman–Crippen LogP) is 1.73. The van der Waals surface area contributed by atoms with Crippen molar-refractivity contribution < 1.29 is 19.1 Å². The summed E-state index contributed by atoms with van der Waals surface area (Å²) in [5.74, 6) is -1.13. The normalized spacial score (nSPS) is 11.9. The lowest BCUT2D eigenvalue weighted by atomic mass is 10.1. The highest BCUT2D eigenvalue weighted by atomic mass is 16.5. The van der Waals surface area contributed by atoms with Crippen LogP contribution in [0.1, 0.15) is 33.1 Å². The fraction of sp³-hybridized carbons (Fsp3) is 0.727. The van der Waals surface area contributed by atoms with Crippen LogP contribution in [-0.4, -0.2) is 25.2 Å². The molecular weight excluding hydrogens is 196 g/mol. The molecule has 0 aliphatic heterocycles. The molecule has 0 saturated heterocycles. The summed E-state index contributed by atoms with van der Waals surface area (Å²) < 4.78 is 9.63. The van der Waals surface area contributed by atoms with Crippen LogP contribution in [0.4, 0.5) is 0 Å². The summed E-state index contributed by atoms with van der Waals surface area (Å²) in [5, 5.41) is 0. The van der Waals surface area contributed by atoms with Crippen LogP contribution in [-0.2, 0) is 19.1 Å². The number of carbonyl (C=O) groups excluding carboxylic acids is 2. The average molecular weight is 215 g/mol. The molecule has 4 nitrogen and oxygen atoms in total. The minimum absolute atomic E-state index is 0.212. The van der Waals surface area contributed by atoms with E-state index >= 15 is 0 Å². The van der Waals surface area contributed by atoms with Crippen LogP contribution in [0.2, 0.25) is 0 Å². The van der Waals surface area contributed by atoms with Crippen LogP contribution in [0.3, 0.4) is 0 Å². The van der Waals surface area contributed by atoms with Crippen molar-refractivity contribution >= 4 is 11.9 Å². The van der Waals surface area contributed by atoms with E-state index in [-0.39, 0.29) is 18.4 Å². The van der Waals surface area contributed by atoms with Crippen molar-refractivity contribution in [3.05, 3.63) is 6.92 Å². The number of hydrogen-bond donors (Lipinski definition) is 0. The monoisotopic (exact) mass is 215 g/mol. The van der Waals surface area contributed by atoms with Gasteiger partial charge in [-0.25, -0.2) is 0 Å². The maximum absolute atomic E-state index is 11.2. The third-order valence-electron chi connectivity index (χ3n) is 1.78. The summed E-state index contributed by atoms with van der Waals surface area (Å²) in [7, 11) is 0. The molecule has 1 atom stereocenters. The Kier molecular flexibility index (Phi) is 7.68. The Bertz CT molecular complexity index is 201. The molecule has 0 rings (SSSR count). The summed E-state index contributed by atoms with van der Waals surface area (Å²) in [6.07, 6.45) is 1.38. The standard InChI is InChI=1S/C11H19O4/c1-4-8-15-11(13)9(3)6-7-10(12)14-5-2/h9H,3-8H2,1-2H3. The zero-order valence-electron chi connectivity index (χ0n) is 9.45. The molecule has 1 radical (unpaired) electrons. The Labute approximate surface area is 90.9 Å². The van der Waals surface area contributed by atoms with Crippen molar-refractivity contribution in [2.45, 2.75) is 33.1 Å². The van der Waals surface area contributed by atoms with Gasteiger partial charge in [0, 0.05) is 6.42 Å². The van der Waals surface area contributed by atoms with Crippen LogP contribution in [0, 0.1) is 12.8 Å². The van der Waals surface area contributed by atoms with Gasteiger partial charge in [-0.1, -0.05) is 6.92 Å². The smallest absolute Gasteiger partial charge is 0.308 e. The molecule has 0 heterocycles. The zero-order valence-corrected chi connectivity index (χ0v) is 9.45. The summed E-state index contributed by atoms with van der Waals surface area (Å²) in [6.45, 7) is 8.08. The average Bonchev–Trinajstić information content (AvgIpc) is 2.22. The zero-order chi connectivity index (χ0) is 11.7. The minimum atomic E-state index is -0.485. The van der Waals surface area contributed by atoms with Crippen LogP contribution < -0.4 is 0 Å². The van der Waals surface area contributed by atoms with Gasteiger partial charge in [0.15, 0.2) is 0 Å². The first kappa shape index (κ1) is 13.9. The molecule has 4 heteroatoms. The van der Waals surface area contributed by atoms with Crippen molar-refractivity contribution in [2.75, 3.05) is 13.2 Å². The summed E-state index contributed by atoms with van der Waals surface area (Å²) in [4.78, 5) is 22.2. The Morgan fingerprint density at radius 2 is 1.93 bits per heavy atom. The molecule has 15 heavy (non-hydrogen) atoms. The van der Waals surface area contributed by atoms with Gasteiger partial charge in [0.05, 0.1) is 19.1 Å². The van der Waals surface area contributed by atoms with Crippen LogP contribution in [0.15, 0.2) is 0 Å². The second kappa shape index (κ2) is 8.26. The molecule has 0 aromatic carbocycles. The van der Waals surface area contributed by atoms with Gasteiger partial charge in [-0.2, -0.15) is 0 Å². The van der Waals surface area contributed by atoms with Gasteiger partial charge in [0.1, 0.15) is 0 Å². The highest BCUT2D eigenvalue weighted by Gasteiger charge is 2.16. The number of hydrogen-bond acceptors (Lipinski definition) is 4. The quantitative estimate of drug-likeness (QED) is 0.607. The fourth-order valence-corrected chi connectivity index (χ4v) is 0.964. The maximum atomic E-state index is 11.2. The third-order valence-corrected chi connectivity index (χ3v) is 1.78. The molecule has 0 saturated carbocycles. The highest BCUT2D eigenvalue weighted by Crippen LogP contribution is 2.08. The molecule has 0 aliphatic rings. The van der Waals surface area contributed by atoms with Crippen molar-refractivity contribution in [2.24, 2.45) is 5.92 Å². The van der Waals surface area contributed by atoms with Gasteiger partial charge in [-0.15, -0.1) is 0 Å².